The van der Waals surface area contributed by atoms with Gasteiger partial charge < -0.3 is 11.1 Å². The standard InChI is InChI=1S/C14H21BrN4O/c1-7(2)13-17-8(3)11(15)14(19-13)18-10-5-4-9(6-10)12(16)20/h7,9-10H,4-6H2,1-3H3,(H2,16,20)(H,17,18,19)/t9-,10+/m0/s1. The van der Waals surface area contributed by atoms with E-state index in [1.807, 2.05) is 6.92 Å². The van der Waals surface area contributed by atoms with Crippen LogP contribution >= 0.6 is 15.9 Å². The number of halogens is 1. The molecular weight excluding hydrogens is 320 g/mol. The third-order valence-corrected chi connectivity index (χ3v) is 4.68. The number of hydrogen-bond donors (Lipinski definition) is 2. The quantitative estimate of drug-likeness (QED) is 0.882. The largest absolute Gasteiger partial charge is 0.369 e. The molecule has 20 heavy (non-hydrogen) atoms. The summed E-state index contributed by atoms with van der Waals surface area (Å²) < 4.78 is 0.893. The van der Waals surface area contributed by atoms with E-state index in [0.717, 1.165) is 41.1 Å². The number of hydrogen-bond acceptors (Lipinski definition) is 4. The van der Waals surface area contributed by atoms with E-state index in [1.54, 1.807) is 0 Å². The summed E-state index contributed by atoms with van der Waals surface area (Å²) >= 11 is 3.54. The van der Waals surface area contributed by atoms with Crippen molar-refractivity contribution >= 4 is 27.7 Å². The molecule has 0 aromatic carbocycles. The van der Waals surface area contributed by atoms with Gasteiger partial charge in [-0.3, -0.25) is 4.79 Å². The van der Waals surface area contributed by atoms with Gasteiger partial charge in [-0.05, 0) is 42.1 Å². The van der Waals surface area contributed by atoms with E-state index in [1.165, 1.54) is 0 Å². The molecule has 1 heterocycles. The van der Waals surface area contributed by atoms with E-state index in [-0.39, 0.29) is 23.8 Å². The number of carbonyl (C=O) groups excluding carboxylic acids is 1. The molecule has 1 fully saturated rings. The van der Waals surface area contributed by atoms with Crippen molar-refractivity contribution in [1.29, 1.82) is 0 Å². The maximum atomic E-state index is 11.2. The SMILES string of the molecule is Cc1nc(C(C)C)nc(N[C@@H]2CC[C@H](C(N)=O)C2)c1Br. The molecule has 1 aliphatic carbocycles. The summed E-state index contributed by atoms with van der Waals surface area (Å²) in [6.45, 7) is 6.11. The van der Waals surface area contributed by atoms with Crippen LogP contribution in [0.4, 0.5) is 5.82 Å². The Bertz CT molecular complexity index is 518. The van der Waals surface area contributed by atoms with E-state index in [0.29, 0.717) is 0 Å². The highest BCUT2D eigenvalue weighted by Gasteiger charge is 2.29. The Morgan fingerprint density at radius 1 is 1.40 bits per heavy atom. The minimum Gasteiger partial charge on any atom is -0.369 e. The summed E-state index contributed by atoms with van der Waals surface area (Å²) in [6, 6.07) is 0.248. The summed E-state index contributed by atoms with van der Waals surface area (Å²) in [5, 5.41) is 3.42. The monoisotopic (exact) mass is 340 g/mol. The molecule has 0 radical (unpaired) electrons. The average Bonchev–Trinajstić information content (AvgIpc) is 2.83. The van der Waals surface area contributed by atoms with Gasteiger partial charge in [0.25, 0.3) is 0 Å². The zero-order chi connectivity index (χ0) is 14.9. The van der Waals surface area contributed by atoms with Gasteiger partial charge in [-0.15, -0.1) is 0 Å². The van der Waals surface area contributed by atoms with Crippen molar-refractivity contribution in [2.75, 3.05) is 5.32 Å². The maximum Gasteiger partial charge on any atom is 0.220 e. The lowest BCUT2D eigenvalue weighted by molar-refractivity contribution is -0.121. The minimum absolute atomic E-state index is 0.0150. The molecular formula is C14H21BrN4O. The number of nitrogens with one attached hydrogen (secondary N) is 1. The molecule has 6 heteroatoms. The van der Waals surface area contributed by atoms with Gasteiger partial charge in [-0.2, -0.15) is 0 Å². The Morgan fingerprint density at radius 3 is 2.65 bits per heavy atom. The molecule has 1 aromatic rings. The highest BCUT2D eigenvalue weighted by Crippen LogP contribution is 2.31. The van der Waals surface area contributed by atoms with Crippen LogP contribution in [0, 0.1) is 12.8 Å². The van der Waals surface area contributed by atoms with Crippen molar-refractivity contribution in [2.24, 2.45) is 11.7 Å². The maximum absolute atomic E-state index is 11.2. The molecule has 110 valence electrons. The molecule has 0 aliphatic heterocycles. The molecule has 0 saturated heterocycles. The first kappa shape index (κ1) is 15.2. The fraction of sp³-hybridized carbons (Fsp3) is 0.643. The van der Waals surface area contributed by atoms with E-state index >= 15 is 0 Å². The van der Waals surface area contributed by atoms with Crippen LogP contribution in [0.25, 0.3) is 0 Å². The number of rotatable bonds is 4. The molecule has 1 aromatic heterocycles. The first-order valence-electron chi connectivity index (χ1n) is 6.98. The zero-order valence-electron chi connectivity index (χ0n) is 12.1. The number of aromatic nitrogens is 2. The van der Waals surface area contributed by atoms with Gasteiger partial charge in [0.1, 0.15) is 11.6 Å². The highest BCUT2D eigenvalue weighted by atomic mass is 79.9. The lowest BCUT2D eigenvalue weighted by atomic mass is 10.1. The summed E-state index contributed by atoms with van der Waals surface area (Å²) in [6.07, 6.45) is 2.58. The lowest BCUT2D eigenvalue weighted by Gasteiger charge is -2.17. The van der Waals surface area contributed by atoms with Crippen LogP contribution in [-0.4, -0.2) is 21.9 Å². The number of nitrogens with zero attached hydrogens (tertiary/aromatic N) is 2. The van der Waals surface area contributed by atoms with Crippen LogP contribution < -0.4 is 11.1 Å². The Labute approximate surface area is 127 Å². The van der Waals surface area contributed by atoms with E-state index in [4.69, 9.17) is 5.73 Å². The number of nitrogens with two attached hydrogens (primary N) is 1. The normalized spacial score (nSPS) is 22.2. The fourth-order valence-corrected chi connectivity index (χ4v) is 2.79. The predicted molar refractivity (Wildman–Crippen MR) is 82.5 cm³/mol. The molecule has 2 atom stereocenters. The Hall–Kier alpha value is -1.17. The summed E-state index contributed by atoms with van der Waals surface area (Å²) in [5.41, 5.74) is 6.30. The highest BCUT2D eigenvalue weighted by molar-refractivity contribution is 9.10. The third-order valence-electron chi connectivity index (χ3n) is 3.73. The molecule has 1 amide bonds. The van der Waals surface area contributed by atoms with Crippen LogP contribution in [0.15, 0.2) is 4.47 Å². The molecule has 3 N–H and O–H groups in total. The van der Waals surface area contributed by atoms with Crippen molar-refractivity contribution in [2.45, 2.75) is 52.0 Å². The number of anilines is 1. The Balaban J connectivity index is 2.15. The molecule has 0 spiro atoms. The van der Waals surface area contributed by atoms with Crippen LogP contribution in [0.5, 0.6) is 0 Å². The van der Waals surface area contributed by atoms with Crippen LogP contribution in [0.3, 0.4) is 0 Å². The van der Waals surface area contributed by atoms with Gasteiger partial charge >= 0.3 is 0 Å². The second-order valence-electron chi connectivity index (χ2n) is 5.74. The smallest absolute Gasteiger partial charge is 0.220 e. The van der Waals surface area contributed by atoms with Crippen LogP contribution in [0.1, 0.15) is 50.5 Å². The van der Waals surface area contributed by atoms with Crippen LogP contribution in [-0.2, 0) is 4.79 Å². The van der Waals surface area contributed by atoms with E-state index < -0.39 is 0 Å². The topological polar surface area (TPSA) is 80.9 Å². The van der Waals surface area contributed by atoms with Crippen molar-refractivity contribution < 1.29 is 4.79 Å². The van der Waals surface area contributed by atoms with Crippen molar-refractivity contribution in [3.05, 3.63) is 16.0 Å². The molecule has 1 saturated carbocycles. The van der Waals surface area contributed by atoms with Gasteiger partial charge in [0.15, 0.2) is 0 Å². The molecule has 1 aliphatic rings. The second kappa shape index (κ2) is 6.08. The second-order valence-corrected chi connectivity index (χ2v) is 6.53. The number of aryl methyl sites for hydroxylation is 1. The van der Waals surface area contributed by atoms with Crippen LogP contribution in [0.2, 0.25) is 0 Å². The predicted octanol–water partition coefficient (Wildman–Crippen LogP) is 2.74. The minimum atomic E-state index is -0.199. The van der Waals surface area contributed by atoms with Gasteiger partial charge in [-0.25, -0.2) is 9.97 Å². The van der Waals surface area contributed by atoms with E-state index in [9.17, 15) is 4.79 Å². The number of carbonyl (C=O) groups is 1. The summed E-state index contributed by atoms with van der Waals surface area (Å²) in [7, 11) is 0. The summed E-state index contributed by atoms with van der Waals surface area (Å²) in [5.74, 6) is 1.71. The number of amides is 1. The first-order valence-corrected chi connectivity index (χ1v) is 7.77. The molecule has 0 bridgehead atoms. The van der Waals surface area contributed by atoms with Crippen molar-refractivity contribution in [3.63, 3.8) is 0 Å². The number of primary amides is 1. The van der Waals surface area contributed by atoms with Gasteiger partial charge in [-0.1, -0.05) is 13.8 Å². The average molecular weight is 341 g/mol. The molecule has 0 unspecified atom stereocenters. The zero-order valence-corrected chi connectivity index (χ0v) is 13.7. The van der Waals surface area contributed by atoms with Gasteiger partial charge in [0, 0.05) is 17.9 Å². The first-order chi connectivity index (χ1) is 9.38. The third kappa shape index (κ3) is 3.29. The summed E-state index contributed by atoms with van der Waals surface area (Å²) in [4.78, 5) is 20.3. The molecule has 2 rings (SSSR count). The molecule has 5 nitrogen and oxygen atoms in total. The lowest BCUT2D eigenvalue weighted by Crippen LogP contribution is -2.23. The Morgan fingerprint density at radius 2 is 2.10 bits per heavy atom. The van der Waals surface area contributed by atoms with E-state index in [2.05, 4.69) is 45.1 Å². The van der Waals surface area contributed by atoms with Gasteiger partial charge in [0.2, 0.25) is 5.91 Å². The van der Waals surface area contributed by atoms with Gasteiger partial charge in [0.05, 0.1) is 10.2 Å². The fourth-order valence-electron chi connectivity index (χ4n) is 2.50. The van der Waals surface area contributed by atoms with Crippen molar-refractivity contribution in [1.82, 2.24) is 9.97 Å². The Kier molecular flexibility index (Phi) is 4.62. The van der Waals surface area contributed by atoms with Crippen molar-refractivity contribution in [3.8, 4) is 0 Å².